The SMILES string of the molecule is Cc1c(C(=O)N[C@H](C)c2ccc3c(c2)CCC3)sc2ncn(C)c(=O)c12. The van der Waals surface area contributed by atoms with Crippen LogP contribution >= 0.6 is 11.3 Å². The lowest BCUT2D eigenvalue weighted by Crippen LogP contribution is -2.26. The van der Waals surface area contributed by atoms with Crippen molar-refractivity contribution in [1.82, 2.24) is 14.9 Å². The number of nitrogens with zero attached hydrogens (tertiary/aromatic N) is 2. The summed E-state index contributed by atoms with van der Waals surface area (Å²) in [6.07, 6.45) is 4.98. The minimum Gasteiger partial charge on any atom is -0.345 e. The van der Waals surface area contributed by atoms with Gasteiger partial charge < -0.3 is 9.88 Å². The monoisotopic (exact) mass is 367 g/mol. The van der Waals surface area contributed by atoms with Crippen LogP contribution < -0.4 is 10.9 Å². The molecule has 0 spiro atoms. The number of fused-ring (bicyclic) bond motifs is 2. The van der Waals surface area contributed by atoms with Gasteiger partial charge in [-0.1, -0.05) is 18.2 Å². The highest BCUT2D eigenvalue weighted by Crippen LogP contribution is 2.28. The largest absolute Gasteiger partial charge is 0.345 e. The van der Waals surface area contributed by atoms with Crippen molar-refractivity contribution >= 4 is 27.5 Å². The van der Waals surface area contributed by atoms with Crippen LogP contribution in [0.1, 0.15) is 51.3 Å². The molecular weight excluding hydrogens is 346 g/mol. The maximum atomic E-state index is 12.8. The zero-order valence-electron chi connectivity index (χ0n) is 15.1. The number of hydrogen-bond donors (Lipinski definition) is 1. The summed E-state index contributed by atoms with van der Waals surface area (Å²) in [6.45, 7) is 3.81. The van der Waals surface area contributed by atoms with Crippen LogP contribution in [0.2, 0.25) is 0 Å². The molecule has 4 rings (SSSR count). The Kier molecular flexibility index (Phi) is 4.15. The van der Waals surface area contributed by atoms with E-state index >= 15 is 0 Å². The van der Waals surface area contributed by atoms with Gasteiger partial charge in [0.1, 0.15) is 4.83 Å². The van der Waals surface area contributed by atoms with Gasteiger partial charge >= 0.3 is 0 Å². The molecule has 3 aromatic rings. The highest BCUT2D eigenvalue weighted by molar-refractivity contribution is 7.20. The van der Waals surface area contributed by atoms with Gasteiger partial charge in [-0.2, -0.15) is 0 Å². The van der Waals surface area contributed by atoms with Crippen LogP contribution in [-0.2, 0) is 19.9 Å². The fraction of sp³-hybridized carbons (Fsp3) is 0.350. The van der Waals surface area contributed by atoms with Crippen molar-refractivity contribution in [2.45, 2.75) is 39.2 Å². The summed E-state index contributed by atoms with van der Waals surface area (Å²) in [5.74, 6) is -0.152. The van der Waals surface area contributed by atoms with E-state index < -0.39 is 0 Å². The topological polar surface area (TPSA) is 64.0 Å². The number of nitrogens with one attached hydrogen (secondary N) is 1. The van der Waals surface area contributed by atoms with E-state index in [-0.39, 0.29) is 17.5 Å². The van der Waals surface area contributed by atoms with Gasteiger partial charge in [-0.15, -0.1) is 11.3 Å². The molecule has 6 heteroatoms. The van der Waals surface area contributed by atoms with E-state index in [1.54, 1.807) is 7.05 Å². The van der Waals surface area contributed by atoms with Gasteiger partial charge in [-0.05, 0) is 55.4 Å². The molecule has 2 heterocycles. The van der Waals surface area contributed by atoms with Crippen LogP contribution in [0.4, 0.5) is 0 Å². The lowest BCUT2D eigenvalue weighted by atomic mass is 10.0. The summed E-state index contributed by atoms with van der Waals surface area (Å²) < 4.78 is 1.44. The van der Waals surface area contributed by atoms with E-state index in [0.29, 0.717) is 20.7 Å². The van der Waals surface area contributed by atoms with Crippen LogP contribution in [-0.4, -0.2) is 15.5 Å². The molecule has 0 aliphatic heterocycles. The quantitative estimate of drug-likeness (QED) is 0.773. The Bertz CT molecular complexity index is 1080. The molecule has 0 fully saturated rings. The molecule has 26 heavy (non-hydrogen) atoms. The van der Waals surface area contributed by atoms with E-state index in [1.165, 1.54) is 39.8 Å². The molecule has 2 aromatic heterocycles. The van der Waals surface area contributed by atoms with Crippen molar-refractivity contribution in [3.05, 3.63) is 62.0 Å². The number of hydrogen-bond acceptors (Lipinski definition) is 4. The number of carbonyl (C=O) groups excluding carboxylic acids is 1. The predicted molar refractivity (Wildman–Crippen MR) is 104 cm³/mol. The molecule has 134 valence electrons. The number of aromatic nitrogens is 2. The Labute approximate surface area is 155 Å². The molecule has 0 bridgehead atoms. The van der Waals surface area contributed by atoms with E-state index in [1.807, 2.05) is 13.8 Å². The smallest absolute Gasteiger partial charge is 0.262 e. The lowest BCUT2D eigenvalue weighted by Gasteiger charge is -2.15. The second-order valence-corrected chi connectivity index (χ2v) is 7.97. The second-order valence-electron chi connectivity index (χ2n) is 6.97. The number of amides is 1. The van der Waals surface area contributed by atoms with Crippen molar-refractivity contribution in [3.63, 3.8) is 0 Å². The summed E-state index contributed by atoms with van der Waals surface area (Å²) in [5, 5.41) is 3.61. The van der Waals surface area contributed by atoms with Crippen molar-refractivity contribution in [2.75, 3.05) is 0 Å². The molecule has 0 saturated carbocycles. The first kappa shape index (κ1) is 17.0. The van der Waals surface area contributed by atoms with Gasteiger partial charge in [0, 0.05) is 7.05 Å². The highest BCUT2D eigenvalue weighted by atomic mass is 32.1. The van der Waals surface area contributed by atoms with Crippen molar-refractivity contribution in [2.24, 2.45) is 7.05 Å². The van der Waals surface area contributed by atoms with E-state index in [4.69, 9.17) is 0 Å². The van der Waals surface area contributed by atoms with E-state index in [0.717, 1.165) is 18.4 Å². The summed E-state index contributed by atoms with van der Waals surface area (Å²) >= 11 is 1.28. The molecule has 0 unspecified atom stereocenters. The predicted octanol–water partition coefficient (Wildman–Crippen LogP) is 3.28. The number of aryl methyl sites for hydroxylation is 4. The summed E-state index contributed by atoms with van der Waals surface area (Å²) in [4.78, 5) is 30.6. The molecule has 0 radical (unpaired) electrons. The summed E-state index contributed by atoms with van der Waals surface area (Å²) in [6, 6.07) is 6.40. The minimum absolute atomic E-state index is 0.0891. The third kappa shape index (κ3) is 2.74. The Morgan fingerprint density at radius 2 is 2.08 bits per heavy atom. The van der Waals surface area contributed by atoms with Crippen LogP contribution in [0.3, 0.4) is 0 Å². The maximum Gasteiger partial charge on any atom is 0.262 e. The molecule has 5 nitrogen and oxygen atoms in total. The molecule has 1 N–H and O–H groups in total. The molecular formula is C20H21N3O2S. The molecule has 1 atom stereocenters. The summed E-state index contributed by atoms with van der Waals surface area (Å²) in [5.41, 5.74) is 4.53. The van der Waals surface area contributed by atoms with Crippen molar-refractivity contribution in [1.29, 1.82) is 0 Å². The molecule has 1 aliphatic rings. The molecule has 1 aromatic carbocycles. The Balaban J connectivity index is 1.62. The lowest BCUT2D eigenvalue weighted by molar-refractivity contribution is 0.0943. The fourth-order valence-electron chi connectivity index (χ4n) is 3.63. The van der Waals surface area contributed by atoms with Gasteiger partial charge in [0.2, 0.25) is 0 Å². The number of benzene rings is 1. The zero-order chi connectivity index (χ0) is 18.4. The van der Waals surface area contributed by atoms with Crippen LogP contribution in [0.25, 0.3) is 10.2 Å². The number of carbonyl (C=O) groups is 1. The maximum absolute atomic E-state index is 12.8. The Morgan fingerprint density at radius 3 is 2.88 bits per heavy atom. The fourth-order valence-corrected chi connectivity index (χ4v) is 4.67. The third-order valence-corrected chi connectivity index (χ3v) is 6.39. The van der Waals surface area contributed by atoms with Gasteiger partial charge in [-0.25, -0.2) is 4.98 Å². The van der Waals surface area contributed by atoms with E-state index in [2.05, 4.69) is 28.5 Å². The first-order chi connectivity index (χ1) is 12.5. The number of rotatable bonds is 3. The molecule has 0 saturated heterocycles. The Morgan fingerprint density at radius 1 is 1.31 bits per heavy atom. The van der Waals surface area contributed by atoms with Crippen molar-refractivity contribution < 1.29 is 4.79 Å². The van der Waals surface area contributed by atoms with Crippen LogP contribution in [0, 0.1) is 6.92 Å². The second kappa shape index (κ2) is 6.36. The minimum atomic E-state index is -0.152. The van der Waals surface area contributed by atoms with Gasteiger partial charge in [0.25, 0.3) is 11.5 Å². The number of thiophene rings is 1. The zero-order valence-corrected chi connectivity index (χ0v) is 15.9. The van der Waals surface area contributed by atoms with Crippen molar-refractivity contribution in [3.8, 4) is 0 Å². The summed E-state index contributed by atoms with van der Waals surface area (Å²) in [7, 11) is 1.67. The third-order valence-electron chi connectivity index (χ3n) is 5.19. The average Bonchev–Trinajstić information content (AvgIpc) is 3.22. The van der Waals surface area contributed by atoms with Crippen LogP contribution in [0.15, 0.2) is 29.3 Å². The standard InChI is InChI=1S/C20H21N3O2S/c1-11-16-19(21-10-23(3)20(16)25)26-17(11)18(24)22-12(2)14-8-7-13-5-4-6-15(13)9-14/h7-10,12H,4-6H2,1-3H3,(H,22,24)/t12-/m1/s1. The first-order valence-electron chi connectivity index (χ1n) is 8.83. The van der Waals surface area contributed by atoms with Gasteiger partial charge in [0.05, 0.1) is 22.6 Å². The van der Waals surface area contributed by atoms with Gasteiger partial charge in [-0.3, -0.25) is 9.59 Å². The normalized spacial score (nSPS) is 14.4. The molecule has 1 amide bonds. The van der Waals surface area contributed by atoms with Crippen LogP contribution in [0.5, 0.6) is 0 Å². The molecule has 1 aliphatic carbocycles. The Hall–Kier alpha value is -2.47. The van der Waals surface area contributed by atoms with E-state index in [9.17, 15) is 9.59 Å². The average molecular weight is 367 g/mol. The first-order valence-corrected chi connectivity index (χ1v) is 9.64. The van der Waals surface area contributed by atoms with Gasteiger partial charge in [0.15, 0.2) is 0 Å². The highest BCUT2D eigenvalue weighted by Gasteiger charge is 2.21.